The van der Waals surface area contributed by atoms with E-state index < -0.39 is 0 Å². The molecule has 5 heteroatoms. The number of hydrogen-bond donors (Lipinski definition) is 1. The zero-order chi connectivity index (χ0) is 12.5. The van der Waals surface area contributed by atoms with Crippen LogP contribution in [0.15, 0.2) is 22.9 Å². The molecule has 0 saturated carbocycles. The summed E-state index contributed by atoms with van der Waals surface area (Å²) in [5, 5.41) is 3.11. The van der Waals surface area contributed by atoms with Gasteiger partial charge in [-0.05, 0) is 40.8 Å². The number of nitrogens with one attached hydrogen (secondary N) is 1. The van der Waals surface area contributed by atoms with Gasteiger partial charge < -0.3 is 10.2 Å². The molecule has 4 nitrogen and oxygen atoms in total. The molecular weight excluding hydrogens is 294 g/mol. The molecule has 2 fully saturated rings. The highest BCUT2D eigenvalue weighted by Gasteiger charge is 2.33. The largest absolute Gasteiger partial charge is 0.370 e. The number of hydrogen-bond acceptors (Lipinski definition) is 3. The van der Waals surface area contributed by atoms with Gasteiger partial charge in [-0.3, -0.25) is 9.78 Å². The fourth-order valence-electron chi connectivity index (χ4n) is 2.92. The molecule has 96 valence electrons. The summed E-state index contributed by atoms with van der Waals surface area (Å²) in [7, 11) is 0. The molecule has 0 spiro atoms. The zero-order valence-corrected chi connectivity index (χ0v) is 11.7. The molecule has 2 atom stereocenters. The smallest absolute Gasteiger partial charge is 0.220 e. The Balaban J connectivity index is 1.72. The molecule has 1 aromatic heterocycles. The van der Waals surface area contributed by atoms with Crippen LogP contribution in [0.4, 0.5) is 5.69 Å². The quantitative estimate of drug-likeness (QED) is 0.862. The van der Waals surface area contributed by atoms with Crippen LogP contribution >= 0.6 is 15.9 Å². The normalized spacial score (nSPS) is 27.6. The van der Waals surface area contributed by atoms with Gasteiger partial charge in [0.05, 0.1) is 11.9 Å². The van der Waals surface area contributed by atoms with Crippen LogP contribution in [-0.4, -0.2) is 30.0 Å². The lowest BCUT2D eigenvalue weighted by Gasteiger charge is -2.42. The van der Waals surface area contributed by atoms with E-state index in [4.69, 9.17) is 0 Å². The van der Waals surface area contributed by atoms with Crippen molar-refractivity contribution < 1.29 is 4.79 Å². The van der Waals surface area contributed by atoms with E-state index in [0.717, 1.165) is 30.4 Å². The maximum atomic E-state index is 11.4. The van der Waals surface area contributed by atoms with Crippen molar-refractivity contribution >= 4 is 27.5 Å². The second-order valence-corrected chi connectivity index (χ2v) is 5.98. The topological polar surface area (TPSA) is 45.2 Å². The number of amides is 1. The summed E-state index contributed by atoms with van der Waals surface area (Å²) in [5.41, 5.74) is 1.17. The summed E-state index contributed by atoms with van der Waals surface area (Å²) >= 11 is 3.46. The predicted molar refractivity (Wildman–Crippen MR) is 73.4 cm³/mol. The second kappa shape index (κ2) is 4.88. The number of carbonyl (C=O) groups is 1. The molecule has 2 saturated heterocycles. The van der Waals surface area contributed by atoms with Crippen molar-refractivity contribution in [3.63, 3.8) is 0 Å². The van der Waals surface area contributed by atoms with Crippen LogP contribution in [0, 0.1) is 5.92 Å². The standard InChI is InChI=1S/C13H16BrN3O/c14-10-5-11(7-15-6-10)17-4-3-12-9(8-17)1-2-13(18)16-12/h5-7,9,12H,1-4,8H2,(H,16,18). The monoisotopic (exact) mass is 309 g/mol. The van der Waals surface area contributed by atoms with Gasteiger partial charge in [0.1, 0.15) is 0 Å². The van der Waals surface area contributed by atoms with Crippen molar-refractivity contribution in [2.75, 3.05) is 18.0 Å². The Morgan fingerprint density at radius 1 is 1.39 bits per heavy atom. The number of pyridine rings is 1. The van der Waals surface area contributed by atoms with Crippen LogP contribution in [-0.2, 0) is 4.79 Å². The van der Waals surface area contributed by atoms with Crippen LogP contribution in [0.1, 0.15) is 19.3 Å². The van der Waals surface area contributed by atoms with Crippen molar-refractivity contribution in [2.45, 2.75) is 25.3 Å². The van der Waals surface area contributed by atoms with E-state index in [1.807, 2.05) is 6.20 Å². The molecule has 0 aliphatic carbocycles. The summed E-state index contributed by atoms with van der Waals surface area (Å²) in [5.74, 6) is 0.796. The number of halogens is 1. The zero-order valence-electron chi connectivity index (χ0n) is 10.1. The molecule has 18 heavy (non-hydrogen) atoms. The summed E-state index contributed by atoms with van der Waals surface area (Å²) in [4.78, 5) is 18.0. The highest BCUT2D eigenvalue weighted by atomic mass is 79.9. The predicted octanol–water partition coefficient (Wildman–Crippen LogP) is 1.95. The van der Waals surface area contributed by atoms with Crippen molar-refractivity contribution in [1.82, 2.24) is 10.3 Å². The molecule has 0 bridgehead atoms. The van der Waals surface area contributed by atoms with E-state index in [-0.39, 0.29) is 5.91 Å². The molecule has 2 aliphatic rings. The van der Waals surface area contributed by atoms with E-state index in [2.05, 4.69) is 37.2 Å². The van der Waals surface area contributed by atoms with Gasteiger partial charge in [-0.15, -0.1) is 0 Å². The van der Waals surface area contributed by atoms with Gasteiger partial charge >= 0.3 is 0 Å². The minimum Gasteiger partial charge on any atom is -0.370 e. The van der Waals surface area contributed by atoms with Crippen molar-refractivity contribution in [3.05, 3.63) is 22.9 Å². The fraction of sp³-hybridized carbons (Fsp3) is 0.538. The van der Waals surface area contributed by atoms with Gasteiger partial charge in [0.15, 0.2) is 0 Å². The molecule has 3 rings (SSSR count). The molecule has 1 aromatic rings. The highest BCUT2D eigenvalue weighted by molar-refractivity contribution is 9.10. The third-order valence-electron chi connectivity index (χ3n) is 3.88. The number of anilines is 1. The SMILES string of the molecule is O=C1CCC2CN(c3cncc(Br)c3)CCC2N1. The average Bonchev–Trinajstić information content (AvgIpc) is 2.38. The van der Waals surface area contributed by atoms with Crippen LogP contribution in [0.5, 0.6) is 0 Å². The summed E-state index contributed by atoms with van der Waals surface area (Å²) in [6.07, 6.45) is 6.42. The van der Waals surface area contributed by atoms with Gasteiger partial charge in [-0.1, -0.05) is 0 Å². The Hall–Kier alpha value is -1.10. The maximum absolute atomic E-state index is 11.4. The first kappa shape index (κ1) is 12.0. The van der Waals surface area contributed by atoms with E-state index >= 15 is 0 Å². The van der Waals surface area contributed by atoms with Crippen LogP contribution in [0.25, 0.3) is 0 Å². The fourth-order valence-corrected chi connectivity index (χ4v) is 3.27. The number of rotatable bonds is 1. The van der Waals surface area contributed by atoms with Gasteiger partial charge in [0.2, 0.25) is 5.91 Å². The lowest BCUT2D eigenvalue weighted by atomic mass is 9.85. The Morgan fingerprint density at radius 2 is 2.28 bits per heavy atom. The minimum absolute atomic E-state index is 0.217. The minimum atomic E-state index is 0.217. The van der Waals surface area contributed by atoms with Gasteiger partial charge in [0.25, 0.3) is 0 Å². The summed E-state index contributed by atoms with van der Waals surface area (Å²) in [6.45, 7) is 2.00. The Kier molecular flexibility index (Phi) is 3.24. The van der Waals surface area contributed by atoms with E-state index in [0.29, 0.717) is 18.4 Å². The first-order valence-corrected chi connectivity index (χ1v) is 7.16. The van der Waals surface area contributed by atoms with E-state index in [1.165, 1.54) is 5.69 Å². The van der Waals surface area contributed by atoms with Crippen LogP contribution in [0.3, 0.4) is 0 Å². The van der Waals surface area contributed by atoms with Crippen molar-refractivity contribution in [2.24, 2.45) is 5.92 Å². The van der Waals surface area contributed by atoms with Crippen LogP contribution in [0.2, 0.25) is 0 Å². The Bertz CT molecular complexity index is 465. The molecule has 1 N–H and O–H groups in total. The number of aromatic nitrogens is 1. The lowest BCUT2D eigenvalue weighted by molar-refractivity contribution is -0.124. The Labute approximate surface area is 115 Å². The van der Waals surface area contributed by atoms with E-state index in [9.17, 15) is 4.79 Å². The average molecular weight is 310 g/mol. The first-order chi connectivity index (χ1) is 8.72. The third kappa shape index (κ3) is 2.36. The maximum Gasteiger partial charge on any atom is 0.220 e. The molecular formula is C13H16BrN3O. The molecule has 0 aromatic carbocycles. The Morgan fingerprint density at radius 3 is 3.11 bits per heavy atom. The lowest BCUT2D eigenvalue weighted by Crippen LogP contribution is -2.54. The van der Waals surface area contributed by atoms with Gasteiger partial charge in [-0.25, -0.2) is 0 Å². The van der Waals surface area contributed by atoms with Gasteiger partial charge in [-0.2, -0.15) is 0 Å². The number of nitrogens with zero attached hydrogens (tertiary/aromatic N) is 2. The molecule has 2 unspecified atom stereocenters. The summed E-state index contributed by atoms with van der Waals surface area (Å²) in [6, 6.07) is 2.48. The van der Waals surface area contributed by atoms with Gasteiger partial charge in [0, 0.05) is 36.2 Å². The molecule has 0 radical (unpaired) electrons. The van der Waals surface area contributed by atoms with E-state index in [1.54, 1.807) is 6.20 Å². The molecule has 2 aliphatic heterocycles. The number of carbonyl (C=O) groups excluding carboxylic acids is 1. The van der Waals surface area contributed by atoms with Crippen molar-refractivity contribution in [1.29, 1.82) is 0 Å². The first-order valence-electron chi connectivity index (χ1n) is 6.37. The molecule has 3 heterocycles. The third-order valence-corrected chi connectivity index (χ3v) is 4.31. The second-order valence-electron chi connectivity index (χ2n) is 5.07. The number of piperidine rings is 2. The van der Waals surface area contributed by atoms with Crippen molar-refractivity contribution in [3.8, 4) is 0 Å². The molecule has 1 amide bonds. The number of fused-ring (bicyclic) bond motifs is 1. The van der Waals surface area contributed by atoms with Crippen LogP contribution < -0.4 is 10.2 Å². The highest BCUT2D eigenvalue weighted by Crippen LogP contribution is 2.29. The summed E-state index contributed by atoms with van der Waals surface area (Å²) < 4.78 is 1.01.